The molecule has 1 spiro atoms. The molecule has 0 fully saturated rings. The van der Waals surface area contributed by atoms with Gasteiger partial charge in [0.25, 0.3) is 0 Å². The first kappa shape index (κ1) is 28.9. The van der Waals surface area contributed by atoms with Crippen molar-refractivity contribution in [2.24, 2.45) is 0 Å². The SMILES string of the molecule is c1ccc(-c2nc(-c3ccccc3)nc(-c3cccc4sc5cc6c(cc5c34)-c3ccccc3C63c4ccccc4Sc4ccccc43)n2)cc1. The van der Waals surface area contributed by atoms with E-state index < -0.39 is 5.41 Å². The fraction of sp³-hybridized carbons (Fsp3) is 0.0217. The van der Waals surface area contributed by atoms with Crippen molar-refractivity contribution in [3.8, 4) is 45.3 Å². The third kappa shape index (κ3) is 4.16. The maximum atomic E-state index is 5.14. The minimum absolute atomic E-state index is 0.402. The van der Waals surface area contributed by atoms with E-state index in [2.05, 4.69) is 127 Å². The summed E-state index contributed by atoms with van der Waals surface area (Å²) >= 11 is 3.73. The van der Waals surface area contributed by atoms with E-state index in [0.717, 1.165) is 16.7 Å². The fourth-order valence-electron chi connectivity index (χ4n) is 8.29. The zero-order chi connectivity index (χ0) is 33.5. The van der Waals surface area contributed by atoms with Gasteiger partial charge in [0.1, 0.15) is 0 Å². The lowest BCUT2D eigenvalue weighted by atomic mass is 9.67. The van der Waals surface area contributed by atoms with E-state index in [1.54, 1.807) is 0 Å². The number of nitrogens with zero attached hydrogens (tertiary/aromatic N) is 3. The molecule has 0 bridgehead atoms. The molecule has 0 radical (unpaired) electrons. The number of hydrogen-bond acceptors (Lipinski definition) is 5. The van der Waals surface area contributed by atoms with Gasteiger partial charge < -0.3 is 0 Å². The lowest BCUT2D eigenvalue weighted by Crippen LogP contribution is -2.31. The van der Waals surface area contributed by atoms with E-state index in [-0.39, 0.29) is 0 Å². The zero-order valence-corrected chi connectivity index (χ0v) is 28.9. The molecule has 3 heterocycles. The Kier molecular flexibility index (Phi) is 6.27. The quantitative estimate of drug-likeness (QED) is 0.186. The minimum Gasteiger partial charge on any atom is -0.208 e. The molecule has 0 saturated carbocycles. The topological polar surface area (TPSA) is 38.7 Å². The molecule has 0 N–H and O–H groups in total. The van der Waals surface area contributed by atoms with E-state index in [0.29, 0.717) is 17.5 Å². The van der Waals surface area contributed by atoms with Gasteiger partial charge in [-0.25, -0.2) is 15.0 Å². The van der Waals surface area contributed by atoms with Gasteiger partial charge in [0.05, 0.1) is 5.41 Å². The Morgan fingerprint density at radius 1 is 0.392 bits per heavy atom. The number of fused-ring (bicyclic) bond motifs is 12. The summed E-state index contributed by atoms with van der Waals surface area (Å²) < 4.78 is 2.48. The predicted octanol–water partition coefficient (Wildman–Crippen LogP) is 12.1. The van der Waals surface area contributed by atoms with Crippen molar-refractivity contribution in [2.45, 2.75) is 15.2 Å². The average Bonchev–Trinajstić information content (AvgIpc) is 3.71. The molecular weight excluding hydrogens is 659 g/mol. The molecule has 0 atom stereocenters. The average molecular weight is 686 g/mol. The lowest BCUT2D eigenvalue weighted by molar-refractivity contribution is 0.723. The smallest absolute Gasteiger partial charge is 0.164 e. The second-order valence-corrected chi connectivity index (χ2v) is 15.3. The monoisotopic (exact) mass is 685 g/mol. The molecule has 2 aliphatic rings. The molecule has 5 heteroatoms. The van der Waals surface area contributed by atoms with Crippen molar-refractivity contribution in [1.29, 1.82) is 0 Å². The highest BCUT2D eigenvalue weighted by Gasteiger charge is 2.50. The van der Waals surface area contributed by atoms with Crippen LogP contribution in [0.2, 0.25) is 0 Å². The molecule has 2 aromatic heterocycles. The van der Waals surface area contributed by atoms with E-state index in [1.807, 2.05) is 59.5 Å². The van der Waals surface area contributed by atoms with Gasteiger partial charge in [0, 0.05) is 46.7 Å². The van der Waals surface area contributed by atoms with Crippen molar-refractivity contribution in [3.05, 3.63) is 186 Å². The van der Waals surface area contributed by atoms with Crippen molar-refractivity contribution < 1.29 is 0 Å². The van der Waals surface area contributed by atoms with Crippen molar-refractivity contribution in [1.82, 2.24) is 15.0 Å². The third-order valence-electron chi connectivity index (χ3n) is 10.4. The highest BCUT2D eigenvalue weighted by atomic mass is 32.2. The molecule has 0 unspecified atom stereocenters. The normalized spacial score (nSPS) is 13.6. The predicted molar refractivity (Wildman–Crippen MR) is 210 cm³/mol. The maximum absolute atomic E-state index is 5.14. The van der Waals surface area contributed by atoms with Crippen molar-refractivity contribution in [3.63, 3.8) is 0 Å². The fourth-order valence-corrected chi connectivity index (χ4v) is 10.6. The molecule has 9 aromatic rings. The molecular formula is C46H27N3S2. The van der Waals surface area contributed by atoms with Crippen LogP contribution in [-0.4, -0.2) is 15.0 Å². The molecule has 11 rings (SSSR count). The number of thiophene rings is 1. The molecule has 0 amide bonds. The molecule has 7 aromatic carbocycles. The number of benzene rings is 7. The summed E-state index contributed by atoms with van der Waals surface area (Å²) in [6.07, 6.45) is 0. The van der Waals surface area contributed by atoms with E-state index in [9.17, 15) is 0 Å². The first-order valence-electron chi connectivity index (χ1n) is 17.1. The molecule has 0 saturated heterocycles. The summed E-state index contributed by atoms with van der Waals surface area (Å²) in [5.41, 5.74) is 10.5. The molecule has 1 aliphatic heterocycles. The molecule has 1 aliphatic carbocycles. The van der Waals surface area contributed by atoms with Gasteiger partial charge in [-0.15, -0.1) is 11.3 Å². The van der Waals surface area contributed by atoms with Crippen LogP contribution in [-0.2, 0) is 5.41 Å². The molecule has 238 valence electrons. The minimum atomic E-state index is -0.402. The van der Waals surface area contributed by atoms with Crippen LogP contribution in [0.3, 0.4) is 0 Å². The molecule has 51 heavy (non-hydrogen) atoms. The summed E-state index contributed by atoms with van der Waals surface area (Å²) in [5, 5.41) is 2.41. The Hall–Kier alpha value is -5.88. The number of hydrogen-bond donors (Lipinski definition) is 0. The van der Waals surface area contributed by atoms with E-state index in [4.69, 9.17) is 15.0 Å². The Labute approximate surface area is 303 Å². The van der Waals surface area contributed by atoms with Crippen LogP contribution in [0.15, 0.2) is 174 Å². The van der Waals surface area contributed by atoms with E-state index in [1.165, 1.54) is 63.3 Å². The summed E-state index contributed by atoms with van der Waals surface area (Å²) in [6.45, 7) is 0. The van der Waals surface area contributed by atoms with Crippen LogP contribution in [0.1, 0.15) is 22.3 Å². The van der Waals surface area contributed by atoms with Crippen molar-refractivity contribution in [2.75, 3.05) is 0 Å². The van der Waals surface area contributed by atoms with Gasteiger partial charge in [-0.1, -0.05) is 145 Å². The summed E-state index contributed by atoms with van der Waals surface area (Å²) in [7, 11) is 0. The Morgan fingerprint density at radius 2 is 0.941 bits per heavy atom. The van der Waals surface area contributed by atoms with Crippen LogP contribution in [0.5, 0.6) is 0 Å². The second-order valence-electron chi connectivity index (χ2n) is 13.1. The largest absolute Gasteiger partial charge is 0.208 e. The Morgan fingerprint density at radius 3 is 1.61 bits per heavy atom. The third-order valence-corrected chi connectivity index (χ3v) is 12.7. The first-order chi connectivity index (χ1) is 25.3. The van der Waals surface area contributed by atoms with Gasteiger partial charge in [-0.2, -0.15) is 0 Å². The lowest BCUT2D eigenvalue weighted by Gasteiger charge is -2.39. The summed E-state index contributed by atoms with van der Waals surface area (Å²) in [6, 6.07) is 58.9. The Bertz CT molecular complexity index is 2740. The number of rotatable bonds is 3. The van der Waals surface area contributed by atoms with Crippen molar-refractivity contribution >= 4 is 43.3 Å². The highest BCUT2D eigenvalue weighted by Crippen LogP contribution is 2.63. The van der Waals surface area contributed by atoms with E-state index >= 15 is 0 Å². The Balaban J connectivity index is 1.20. The van der Waals surface area contributed by atoms with Gasteiger partial charge in [0.15, 0.2) is 17.5 Å². The van der Waals surface area contributed by atoms with Crippen LogP contribution in [0.25, 0.3) is 65.5 Å². The van der Waals surface area contributed by atoms with Crippen LogP contribution in [0.4, 0.5) is 0 Å². The van der Waals surface area contributed by atoms with Crippen LogP contribution < -0.4 is 0 Å². The summed E-state index contributed by atoms with van der Waals surface area (Å²) in [4.78, 5) is 17.9. The first-order valence-corrected chi connectivity index (χ1v) is 18.7. The maximum Gasteiger partial charge on any atom is 0.164 e. The zero-order valence-electron chi connectivity index (χ0n) is 27.2. The standard InChI is InChI=1S/C46H27N3S2/c1-3-14-28(15-4-1)43-47-44(29-16-5-2-6-17-29)49-45(48-43)31-19-13-25-40-42(31)33-26-32-30-18-7-8-20-34(30)46(37(32)27-41(33)51-40)35-21-9-11-23-38(35)50-39-24-12-10-22-36(39)46/h1-27H. The van der Waals surface area contributed by atoms with Gasteiger partial charge in [-0.05, 0) is 63.7 Å². The van der Waals surface area contributed by atoms with Gasteiger partial charge in [-0.3, -0.25) is 0 Å². The second kappa shape index (κ2) is 11.1. The van der Waals surface area contributed by atoms with Gasteiger partial charge in [0.2, 0.25) is 0 Å². The molecule has 3 nitrogen and oxygen atoms in total. The summed E-state index contributed by atoms with van der Waals surface area (Å²) in [5.74, 6) is 2.01. The van der Waals surface area contributed by atoms with Crippen LogP contribution >= 0.6 is 23.1 Å². The van der Waals surface area contributed by atoms with Gasteiger partial charge >= 0.3 is 0 Å². The number of aromatic nitrogens is 3. The van der Waals surface area contributed by atoms with Crippen LogP contribution in [0, 0.1) is 0 Å². The highest BCUT2D eigenvalue weighted by molar-refractivity contribution is 7.99.